The Hall–Kier alpha value is -2.59. The molecular formula is C25H26ClNO3. The Labute approximate surface area is 182 Å². The SMILES string of the molecule is CCOc1ccccc1C1CC(=O)N(c2cccc(Cl)c2)C2=C1C(=O)CC(C)(C)C2. The van der Waals surface area contributed by atoms with Crippen LogP contribution in [-0.2, 0) is 9.59 Å². The van der Waals surface area contributed by atoms with Gasteiger partial charge in [-0.3, -0.25) is 14.5 Å². The molecule has 1 amide bonds. The third-order valence-corrected chi connectivity index (χ3v) is 6.04. The molecule has 0 aromatic heterocycles. The molecule has 0 bridgehead atoms. The maximum Gasteiger partial charge on any atom is 0.232 e. The maximum absolute atomic E-state index is 13.4. The van der Waals surface area contributed by atoms with E-state index in [4.69, 9.17) is 16.3 Å². The number of ketones is 1. The van der Waals surface area contributed by atoms with E-state index in [1.165, 1.54) is 0 Å². The van der Waals surface area contributed by atoms with Gasteiger partial charge in [-0.1, -0.05) is 49.7 Å². The Morgan fingerprint density at radius 1 is 1.10 bits per heavy atom. The molecule has 2 aliphatic rings. The first-order valence-electron chi connectivity index (χ1n) is 10.4. The predicted octanol–water partition coefficient (Wildman–Crippen LogP) is 5.90. The van der Waals surface area contributed by atoms with Crippen LogP contribution in [0.5, 0.6) is 5.75 Å². The summed E-state index contributed by atoms with van der Waals surface area (Å²) in [5, 5.41) is 0.563. The molecule has 2 aromatic carbocycles. The van der Waals surface area contributed by atoms with Crippen LogP contribution in [0, 0.1) is 5.41 Å². The lowest BCUT2D eigenvalue weighted by atomic mass is 9.69. The number of anilines is 1. The minimum absolute atomic E-state index is 0.0298. The van der Waals surface area contributed by atoms with Crippen LogP contribution >= 0.6 is 11.6 Å². The first kappa shape index (κ1) is 20.7. The molecule has 30 heavy (non-hydrogen) atoms. The van der Waals surface area contributed by atoms with E-state index in [0.29, 0.717) is 30.2 Å². The van der Waals surface area contributed by atoms with E-state index < -0.39 is 0 Å². The topological polar surface area (TPSA) is 46.6 Å². The molecule has 4 rings (SSSR count). The van der Waals surface area contributed by atoms with E-state index in [1.807, 2.05) is 43.3 Å². The molecule has 0 saturated carbocycles. The summed E-state index contributed by atoms with van der Waals surface area (Å²) < 4.78 is 5.83. The van der Waals surface area contributed by atoms with Gasteiger partial charge >= 0.3 is 0 Å². The van der Waals surface area contributed by atoms with Crippen LogP contribution in [0.3, 0.4) is 0 Å². The summed E-state index contributed by atoms with van der Waals surface area (Å²) in [6.45, 7) is 6.61. The van der Waals surface area contributed by atoms with Crippen molar-refractivity contribution >= 4 is 29.0 Å². The van der Waals surface area contributed by atoms with Gasteiger partial charge in [0.15, 0.2) is 5.78 Å². The first-order chi connectivity index (χ1) is 14.3. The first-order valence-corrected chi connectivity index (χ1v) is 10.7. The number of carbonyl (C=O) groups is 2. The molecule has 2 aromatic rings. The molecule has 0 N–H and O–H groups in total. The summed E-state index contributed by atoms with van der Waals surface area (Å²) >= 11 is 6.21. The van der Waals surface area contributed by atoms with Crippen molar-refractivity contribution in [2.45, 2.75) is 46.0 Å². The largest absolute Gasteiger partial charge is 0.494 e. The highest BCUT2D eigenvalue weighted by molar-refractivity contribution is 6.31. The Kier molecular flexibility index (Phi) is 5.46. The summed E-state index contributed by atoms with van der Waals surface area (Å²) in [5.41, 5.74) is 2.93. The third kappa shape index (κ3) is 3.77. The number of Topliss-reactive ketones (excluding diaryl/α,β-unsaturated/α-hetero) is 1. The van der Waals surface area contributed by atoms with Gasteiger partial charge in [0.05, 0.1) is 12.3 Å². The molecule has 0 saturated heterocycles. The van der Waals surface area contributed by atoms with Gasteiger partial charge in [-0.25, -0.2) is 0 Å². The molecule has 1 unspecified atom stereocenters. The number of carbonyl (C=O) groups excluding carboxylic acids is 2. The van der Waals surface area contributed by atoms with Crippen molar-refractivity contribution in [2.75, 3.05) is 11.5 Å². The van der Waals surface area contributed by atoms with Gasteiger partial charge in [-0.15, -0.1) is 0 Å². The number of rotatable bonds is 4. The van der Waals surface area contributed by atoms with Crippen LogP contribution in [0.25, 0.3) is 0 Å². The van der Waals surface area contributed by atoms with Crippen molar-refractivity contribution in [1.82, 2.24) is 0 Å². The average Bonchev–Trinajstić information content (AvgIpc) is 2.67. The number of hydrogen-bond acceptors (Lipinski definition) is 3. The summed E-state index contributed by atoms with van der Waals surface area (Å²) in [4.78, 5) is 28.5. The van der Waals surface area contributed by atoms with E-state index >= 15 is 0 Å². The molecule has 1 aliphatic carbocycles. The predicted molar refractivity (Wildman–Crippen MR) is 119 cm³/mol. The van der Waals surface area contributed by atoms with Crippen LogP contribution < -0.4 is 9.64 Å². The zero-order valence-corrected chi connectivity index (χ0v) is 18.3. The molecule has 5 heteroatoms. The fourth-order valence-corrected chi connectivity index (χ4v) is 4.84. The van der Waals surface area contributed by atoms with E-state index in [0.717, 1.165) is 22.6 Å². The molecule has 0 fully saturated rings. The number of para-hydroxylation sites is 1. The van der Waals surface area contributed by atoms with Crippen LogP contribution in [0.2, 0.25) is 5.02 Å². The fourth-order valence-electron chi connectivity index (χ4n) is 4.65. The number of benzene rings is 2. The second kappa shape index (κ2) is 7.92. The Morgan fingerprint density at radius 3 is 2.60 bits per heavy atom. The van der Waals surface area contributed by atoms with Crippen molar-refractivity contribution in [1.29, 1.82) is 0 Å². The lowest BCUT2D eigenvalue weighted by molar-refractivity contribution is -0.121. The molecule has 156 valence electrons. The van der Waals surface area contributed by atoms with Crippen molar-refractivity contribution in [3.63, 3.8) is 0 Å². The number of ether oxygens (including phenoxy) is 1. The van der Waals surface area contributed by atoms with Crippen molar-refractivity contribution < 1.29 is 14.3 Å². The van der Waals surface area contributed by atoms with Crippen molar-refractivity contribution in [3.05, 3.63) is 70.4 Å². The maximum atomic E-state index is 13.4. The van der Waals surface area contributed by atoms with E-state index in [1.54, 1.807) is 17.0 Å². The fraction of sp³-hybridized carbons (Fsp3) is 0.360. The molecule has 0 radical (unpaired) electrons. The quantitative estimate of drug-likeness (QED) is 0.614. The van der Waals surface area contributed by atoms with Gasteiger partial charge in [0.1, 0.15) is 5.75 Å². The van der Waals surface area contributed by atoms with Crippen LogP contribution in [0.15, 0.2) is 59.8 Å². The standard InChI is InChI=1S/C25H26ClNO3/c1-4-30-22-11-6-5-10-18(22)19-13-23(29)27(17-9-7-8-16(26)12-17)20-14-25(2,3)15-21(28)24(19)20/h5-12,19H,4,13-15H2,1-3H3. The summed E-state index contributed by atoms with van der Waals surface area (Å²) in [6, 6.07) is 15.0. The highest BCUT2D eigenvalue weighted by Crippen LogP contribution is 2.49. The van der Waals surface area contributed by atoms with Crippen molar-refractivity contribution in [3.8, 4) is 5.75 Å². The monoisotopic (exact) mass is 423 g/mol. The molecular weight excluding hydrogens is 398 g/mol. The number of halogens is 1. The van der Waals surface area contributed by atoms with E-state index in [9.17, 15) is 9.59 Å². The van der Waals surface area contributed by atoms with Gasteiger partial charge in [-0.2, -0.15) is 0 Å². The van der Waals surface area contributed by atoms with Crippen LogP contribution in [0.4, 0.5) is 5.69 Å². The van der Waals surface area contributed by atoms with Crippen molar-refractivity contribution in [2.24, 2.45) is 5.41 Å². The van der Waals surface area contributed by atoms with E-state index in [2.05, 4.69) is 13.8 Å². The number of hydrogen-bond donors (Lipinski definition) is 0. The zero-order chi connectivity index (χ0) is 21.5. The molecule has 1 atom stereocenters. The van der Waals surface area contributed by atoms with Gasteiger partial charge in [0.25, 0.3) is 0 Å². The summed E-state index contributed by atoms with van der Waals surface area (Å²) in [6.07, 6.45) is 1.35. The van der Waals surface area contributed by atoms with E-state index in [-0.39, 0.29) is 29.4 Å². The Bertz CT molecular complexity index is 1040. The van der Waals surface area contributed by atoms with Crippen LogP contribution in [-0.4, -0.2) is 18.3 Å². The Balaban J connectivity index is 1.91. The second-order valence-corrected chi connectivity index (χ2v) is 9.17. The van der Waals surface area contributed by atoms with Gasteiger partial charge < -0.3 is 4.74 Å². The lowest BCUT2D eigenvalue weighted by Crippen LogP contribution is -2.43. The number of allylic oxidation sites excluding steroid dienone is 2. The average molecular weight is 424 g/mol. The highest BCUT2D eigenvalue weighted by Gasteiger charge is 2.44. The smallest absolute Gasteiger partial charge is 0.232 e. The molecule has 4 nitrogen and oxygen atoms in total. The summed E-state index contributed by atoms with van der Waals surface area (Å²) in [5.74, 6) is 0.516. The molecule has 1 heterocycles. The minimum atomic E-state index is -0.297. The van der Waals surface area contributed by atoms with Gasteiger partial charge in [0, 0.05) is 40.6 Å². The highest BCUT2D eigenvalue weighted by atomic mass is 35.5. The normalized spacial score (nSPS) is 20.9. The molecule has 0 spiro atoms. The minimum Gasteiger partial charge on any atom is -0.494 e. The van der Waals surface area contributed by atoms with Crippen LogP contribution in [0.1, 0.15) is 51.5 Å². The van der Waals surface area contributed by atoms with Gasteiger partial charge in [-0.05, 0) is 43.0 Å². The van der Waals surface area contributed by atoms with Gasteiger partial charge in [0.2, 0.25) is 5.91 Å². The second-order valence-electron chi connectivity index (χ2n) is 8.74. The summed E-state index contributed by atoms with van der Waals surface area (Å²) in [7, 11) is 0. The Morgan fingerprint density at radius 2 is 1.87 bits per heavy atom. The third-order valence-electron chi connectivity index (χ3n) is 5.80. The lowest BCUT2D eigenvalue weighted by Gasteiger charge is -2.43. The number of nitrogens with zero attached hydrogens (tertiary/aromatic N) is 1. The zero-order valence-electron chi connectivity index (χ0n) is 17.6. The molecule has 1 aliphatic heterocycles. The number of amides is 1.